The molecule has 2 amide bonds. The Morgan fingerprint density at radius 1 is 1.41 bits per heavy atom. The second kappa shape index (κ2) is 6.38. The second-order valence-corrected chi connectivity index (χ2v) is 6.26. The van der Waals surface area contributed by atoms with Crippen molar-refractivity contribution in [1.82, 2.24) is 10.2 Å². The maximum absolute atomic E-state index is 11.8. The molecule has 5 heteroatoms. The van der Waals surface area contributed by atoms with Crippen molar-refractivity contribution in [2.24, 2.45) is 5.92 Å². The number of carbonyl (C=O) groups is 2. The summed E-state index contributed by atoms with van der Waals surface area (Å²) in [6.07, 6.45) is 2.82. The third kappa shape index (κ3) is 3.78. The lowest BCUT2D eigenvalue weighted by Crippen LogP contribution is -2.34. The van der Waals surface area contributed by atoms with Gasteiger partial charge in [-0.1, -0.05) is 12.1 Å². The van der Waals surface area contributed by atoms with E-state index >= 15 is 0 Å². The molecular weight excluding hydrogens is 280 g/mol. The first-order valence-electron chi connectivity index (χ1n) is 7.87. The van der Waals surface area contributed by atoms with E-state index in [1.807, 2.05) is 36.1 Å². The van der Waals surface area contributed by atoms with E-state index in [0.29, 0.717) is 24.8 Å². The summed E-state index contributed by atoms with van der Waals surface area (Å²) in [6.45, 7) is 3.32. The van der Waals surface area contributed by atoms with Crippen LogP contribution >= 0.6 is 0 Å². The van der Waals surface area contributed by atoms with Crippen LogP contribution in [-0.2, 0) is 9.59 Å². The van der Waals surface area contributed by atoms with Crippen molar-refractivity contribution in [3.8, 4) is 5.75 Å². The van der Waals surface area contributed by atoms with Crippen LogP contribution in [0.2, 0.25) is 0 Å². The Kier molecular flexibility index (Phi) is 4.32. The molecule has 1 unspecified atom stereocenters. The lowest BCUT2D eigenvalue weighted by atomic mass is 10.1. The summed E-state index contributed by atoms with van der Waals surface area (Å²) in [5.41, 5.74) is 1.10. The molecule has 2 fully saturated rings. The molecule has 0 radical (unpaired) electrons. The molecule has 5 nitrogen and oxygen atoms in total. The fraction of sp³-hybridized carbons (Fsp3) is 0.529. The number of nitrogens with one attached hydrogen (secondary N) is 1. The molecule has 22 heavy (non-hydrogen) atoms. The SMILES string of the molecule is Cc1cccc(OCC(=O)NCC2CC(=O)N(C3CC3)C2)c1. The van der Waals surface area contributed by atoms with Crippen LogP contribution in [0.3, 0.4) is 0 Å². The monoisotopic (exact) mass is 302 g/mol. The lowest BCUT2D eigenvalue weighted by Gasteiger charge is -2.15. The van der Waals surface area contributed by atoms with Crippen molar-refractivity contribution >= 4 is 11.8 Å². The minimum Gasteiger partial charge on any atom is -0.484 e. The van der Waals surface area contributed by atoms with Crippen LogP contribution in [0.25, 0.3) is 0 Å². The molecule has 1 saturated heterocycles. The molecule has 1 saturated carbocycles. The van der Waals surface area contributed by atoms with Crippen molar-refractivity contribution < 1.29 is 14.3 Å². The Bertz CT molecular complexity index is 569. The van der Waals surface area contributed by atoms with Crippen LogP contribution in [-0.4, -0.2) is 42.5 Å². The van der Waals surface area contributed by atoms with Crippen molar-refractivity contribution in [2.45, 2.75) is 32.2 Å². The normalized spacial score (nSPS) is 21.0. The molecule has 1 heterocycles. The molecule has 3 rings (SSSR count). The fourth-order valence-corrected chi connectivity index (χ4v) is 2.85. The summed E-state index contributed by atoms with van der Waals surface area (Å²) in [6, 6.07) is 8.09. The number of hydrogen-bond acceptors (Lipinski definition) is 3. The summed E-state index contributed by atoms with van der Waals surface area (Å²) in [7, 11) is 0. The van der Waals surface area contributed by atoms with Gasteiger partial charge in [0, 0.05) is 31.5 Å². The van der Waals surface area contributed by atoms with Gasteiger partial charge in [0.15, 0.2) is 6.61 Å². The van der Waals surface area contributed by atoms with Gasteiger partial charge >= 0.3 is 0 Å². The Balaban J connectivity index is 1.38. The van der Waals surface area contributed by atoms with Gasteiger partial charge in [0.05, 0.1) is 0 Å². The minimum absolute atomic E-state index is 0.0104. The molecular formula is C17H22N2O3. The van der Waals surface area contributed by atoms with E-state index in [1.165, 1.54) is 0 Å². The summed E-state index contributed by atoms with van der Waals surface area (Å²) in [4.78, 5) is 25.6. The molecule has 1 aliphatic heterocycles. The third-order valence-corrected chi connectivity index (χ3v) is 4.17. The number of likely N-dealkylation sites (tertiary alicyclic amines) is 1. The fourth-order valence-electron chi connectivity index (χ4n) is 2.85. The van der Waals surface area contributed by atoms with E-state index in [1.54, 1.807) is 0 Å². The van der Waals surface area contributed by atoms with Crippen molar-refractivity contribution in [2.75, 3.05) is 19.7 Å². The highest BCUT2D eigenvalue weighted by atomic mass is 16.5. The molecule has 1 aromatic rings. The molecule has 118 valence electrons. The first-order valence-corrected chi connectivity index (χ1v) is 7.87. The number of nitrogens with zero attached hydrogens (tertiary/aromatic N) is 1. The highest BCUT2D eigenvalue weighted by molar-refractivity contribution is 5.80. The highest BCUT2D eigenvalue weighted by Crippen LogP contribution is 2.32. The number of rotatable bonds is 6. The number of ether oxygens (including phenoxy) is 1. The molecule has 2 aliphatic rings. The first kappa shape index (κ1) is 14.9. The Labute approximate surface area is 130 Å². The number of benzene rings is 1. The molecule has 0 bridgehead atoms. The van der Waals surface area contributed by atoms with Gasteiger partial charge in [0.1, 0.15) is 5.75 Å². The molecule has 0 spiro atoms. The van der Waals surface area contributed by atoms with Crippen LogP contribution < -0.4 is 10.1 Å². The Morgan fingerprint density at radius 3 is 2.95 bits per heavy atom. The predicted molar refractivity (Wildman–Crippen MR) is 82.5 cm³/mol. The van der Waals surface area contributed by atoms with Crippen molar-refractivity contribution in [1.29, 1.82) is 0 Å². The Morgan fingerprint density at radius 2 is 2.23 bits per heavy atom. The smallest absolute Gasteiger partial charge is 0.257 e. The van der Waals surface area contributed by atoms with E-state index in [2.05, 4.69) is 5.32 Å². The zero-order valence-corrected chi connectivity index (χ0v) is 12.9. The number of hydrogen-bond donors (Lipinski definition) is 1. The van der Waals surface area contributed by atoms with Gasteiger partial charge in [-0.2, -0.15) is 0 Å². The second-order valence-electron chi connectivity index (χ2n) is 6.26. The summed E-state index contributed by atoms with van der Waals surface area (Å²) in [5, 5.41) is 2.87. The van der Waals surface area contributed by atoms with E-state index < -0.39 is 0 Å². The molecule has 1 N–H and O–H groups in total. The van der Waals surface area contributed by atoms with Crippen molar-refractivity contribution in [3.63, 3.8) is 0 Å². The van der Waals surface area contributed by atoms with E-state index in [9.17, 15) is 9.59 Å². The van der Waals surface area contributed by atoms with Gasteiger partial charge < -0.3 is 15.0 Å². The minimum atomic E-state index is -0.140. The maximum atomic E-state index is 11.8. The number of amides is 2. The standard InChI is InChI=1S/C17H22N2O3/c1-12-3-2-4-15(7-12)22-11-16(20)18-9-13-8-17(21)19(10-13)14-5-6-14/h2-4,7,13-14H,5-6,8-11H2,1H3,(H,18,20). The lowest BCUT2D eigenvalue weighted by molar-refractivity contribution is -0.128. The van der Waals surface area contributed by atoms with Gasteiger partial charge in [-0.15, -0.1) is 0 Å². The van der Waals surface area contributed by atoms with E-state index in [4.69, 9.17) is 4.74 Å². The number of carbonyl (C=O) groups excluding carboxylic acids is 2. The molecule has 1 aliphatic carbocycles. The summed E-state index contributed by atoms with van der Waals surface area (Å²) < 4.78 is 5.46. The summed E-state index contributed by atoms with van der Waals surface area (Å²) in [5.74, 6) is 1.03. The highest BCUT2D eigenvalue weighted by Gasteiger charge is 2.39. The molecule has 0 aromatic heterocycles. The van der Waals surface area contributed by atoms with Gasteiger partial charge in [-0.3, -0.25) is 9.59 Å². The quantitative estimate of drug-likeness (QED) is 0.866. The third-order valence-electron chi connectivity index (χ3n) is 4.17. The Hall–Kier alpha value is -2.04. The van der Waals surface area contributed by atoms with E-state index in [0.717, 1.165) is 24.9 Å². The largest absolute Gasteiger partial charge is 0.484 e. The average molecular weight is 302 g/mol. The maximum Gasteiger partial charge on any atom is 0.257 e. The van der Waals surface area contributed by atoms with Crippen LogP contribution in [0.1, 0.15) is 24.8 Å². The first-order chi connectivity index (χ1) is 10.6. The van der Waals surface area contributed by atoms with Gasteiger partial charge in [-0.25, -0.2) is 0 Å². The van der Waals surface area contributed by atoms with Gasteiger partial charge in [0.25, 0.3) is 5.91 Å². The van der Waals surface area contributed by atoms with Crippen LogP contribution in [0, 0.1) is 12.8 Å². The van der Waals surface area contributed by atoms with Gasteiger partial charge in [0.2, 0.25) is 5.91 Å². The summed E-state index contributed by atoms with van der Waals surface area (Å²) >= 11 is 0. The average Bonchev–Trinajstić information content (AvgIpc) is 3.26. The zero-order chi connectivity index (χ0) is 15.5. The zero-order valence-electron chi connectivity index (χ0n) is 12.9. The van der Waals surface area contributed by atoms with Crippen LogP contribution in [0.4, 0.5) is 0 Å². The van der Waals surface area contributed by atoms with Gasteiger partial charge in [-0.05, 0) is 37.5 Å². The van der Waals surface area contributed by atoms with Crippen LogP contribution in [0.5, 0.6) is 5.75 Å². The molecule has 1 aromatic carbocycles. The topological polar surface area (TPSA) is 58.6 Å². The van der Waals surface area contributed by atoms with Crippen molar-refractivity contribution in [3.05, 3.63) is 29.8 Å². The van der Waals surface area contributed by atoms with E-state index in [-0.39, 0.29) is 24.3 Å². The molecule has 1 atom stereocenters. The van der Waals surface area contributed by atoms with Crippen LogP contribution in [0.15, 0.2) is 24.3 Å². The predicted octanol–water partition coefficient (Wildman–Crippen LogP) is 1.50. The number of aryl methyl sites for hydroxylation is 1.